The van der Waals surface area contributed by atoms with E-state index >= 15 is 0 Å². The fourth-order valence-electron chi connectivity index (χ4n) is 1.08. The minimum atomic E-state index is -3.63. The summed E-state index contributed by atoms with van der Waals surface area (Å²) < 4.78 is 52.1. The Labute approximate surface area is 108 Å². The van der Waals surface area contributed by atoms with Crippen LogP contribution in [0.5, 0.6) is 0 Å². The van der Waals surface area contributed by atoms with Crippen molar-refractivity contribution < 1.29 is 21.6 Å². The molecule has 104 valence electrons. The fourth-order valence-corrected chi connectivity index (χ4v) is 4.25. The van der Waals surface area contributed by atoms with Crippen molar-refractivity contribution in [3.63, 3.8) is 0 Å². The molecule has 0 saturated heterocycles. The summed E-state index contributed by atoms with van der Waals surface area (Å²) in [5.41, 5.74) is 0. The van der Waals surface area contributed by atoms with Crippen LogP contribution in [0.4, 0.5) is 0 Å². The molecule has 1 N–H and O–H groups in total. The van der Waals surface area contributed by atoms with Crippen LogP contribution < -0.4 is 4.72 Å². The first-order valence-electron chi connectivity index (χ1n) is 4.93. The minimum absolute atomic E-state index is 0.199. The van der Waals surface area contributed by atoms with E-state index in [0.29, 0.717) is 12.3 Å². The van der Waals surface area contributed by atoms with E-state index in [-0.39, 0.29) is 6.61 Å². The maximum absolute atomic E-state index is 11.6. The molecule has 1 atom stereocenters. The third-order valence-corrected chi connectivity index (χ3v) is 4.75. The second kappa shape index (κ2) is 7.52. The number of sulfone groups is 1. The van der Waals surface area contributed by atoms with Gasteiger partial charge < -0.3 is 4.74 Å². The predicted molar refractivity (Wildman–Crippen MR) is 67.6 cm³/mol. The van der Waals surface area contributed by atoms with Crippen LogP contribution in [0.3, 0.4) is 0 Å². The van der Waals surface area contributed by atoms with Gasteiger partial charge in [-0.3, -0.25) is 0 Å². The summed E-state index contributed by atoms with van der Waals surface area (Å²) in [7, 11) is -5.47. The maximum Gasteiger partial charge on any atom is 0.212 e. The van der Waals surface area contributed by atoms with Gasteiger partial charge in [0.05, 0.1) is 18.1 Å². The van der Waals surface area contributed by atoms with Crippen molar-refractivity contribution in [3.8, 4) is 0 Å². The Bertz CT molecular complexity index is 400. The van der Waals surface area contributed by atoms with E-state index in [2.05, 4.69) is 4.72 Å². The van der Waals surface area contributed by atoms with Gasteiger partial charge in [0.1, 0.15) is 9.84 Å². The number of methoxy groups -OCH3 is 1. The molecule has 0 heterocycles. The number of ether oxygens (including phenoxy) is 1. The average molecular weight is 308 g/mol. The highest BCUT2D eigenvalue weighted by molar-refractivity contribution is 7.93. The summed E-state index contributed by atoms with van der Waals surface area (Å²) in [5.74, 6) is -0.556. The molecule has 17 heavy (non-hydrogen) atoms. The highest BCUT2D eigenvalue weighted by Crippen LogP contribution is 1.99. The number of rotatable bonds is 9. The molecular formula is C8H18ClNO5S2. The number of hydrogen-bond donors (Lipinski definition) is 1. The Balaban J connectivity index is 4.40. The Morgan fingerprint density at radius 2 is 1.82 bits per heavy atom. The Morgan fingerprint density at radius 3 is 2.24 bits per heavy atom. The van der Waals surface area contributed by atoms with E-state index in [9.17, 15) is 16.8 Å². The number of halogens is 1. The van der Waals surface area contributed by atoms with Crippen LogP contribution in [-0.4, -0.2) is 60.2 Å². The molecule has 0 fully saturated rings. The van der Waals surface area contributed by atoms with Gasteiger partial charge in [-0.2, -0.15) is 0 Å². The molecule has 0 aromatic heterocycles. The first-order chi connectivity index (χ1) is 7.70. The average Bonchev–Trinajstić information content (AvgIpc) is 2.14. The molecule has 0 aliphatic heterocycles. The van der Waals surface area contributed by atoms with E-state index < -0.39 is 37.4 Å². The lowest BCUT2D eigenvalue weighted by Crippen LogP contribution is -2.40. The molecule has 0 radical (unpaired) electrons. The van der Waals surface area contributed by atoms with Gasteiger partial charge in [-0.15, -0.1) is 11.6 Å². The van der Waals surface area contributed by atoms with Crippen molar-refractivity contribution in [2.75, 3.05) is 37.4 Å². The monoisotopic (exact) mass is 307 g/mol. The summed E-state index contributed by atoms with van der Waals surface area (Å²) in [4.78, 5) is 0. The van der Waals surface area contributed by atoms with Crippen molar-refractivity contribution in [1.82, 2.24) is 4.72 Å². The summed E-state index contributed by atoms with van der Waals surface area (Å²) in [6.07, 6.45) is 1.42. The molecule has 0 aliphatic carbocycles. The molecular weight excluding hydrogens is 290 g/mol. The van der Waals surface area contributed by atoms with E-state index in [4.69, 9.17) is 16.3 Å². The first kappa shape index (κ1) is 17.1. The highest BCUT2D eigenvalue weighted by Gasteiger charge is 2.19. The van der Waals surface area contributed by atoms with Crippen LogP contribution in [0.1, 0.15) is 6.42 Å². The summed E-state index contributed by atoms with van der Waals surface area (Å²) >= 11 is 5.52. The van der Waals surface area contributed by atoms with Gasteiger partial charge in [-0.25, -0.2) is 21.6 Å². The third kappa shape index (κ3) is 9.78. The van der Waals surface area contributed by atoms with Crippen LogP contribution >= 0.6 is 11.6 Å². The maximum atomic E-state index is 11.6. The van der Waals surface area contributed by atoms with E-state index in [1.807, 2.05) is 0 Å². The molecule has 0 aromatic rings. The number of nitrogens with one attached hydrogen (secondary N) is 1. The molecule has 0 rings (SSSR count). The second-order valence-electron chi connectivity index (χ2n) is 3.70. The van der Waals surface area contributed by atoms with Crippen LogP contribution in [0, 0.1) is 0 Å². The molecule has 0 bridgehead atoms. The van der Waals surface area contributed by atoms with E-state index in [1.165, 1.54) is 7.11 Å². The molecule has 0 saturated carbocycles. The van der Waals surface area contributed by atoms with Gasteiger partial charge in [0.15, 0.2) is 0 Å². The Hall–Kier alpha value is 0.110. The SMILES string of the molecule is COCC(CCCl)NS(=O)(=O)CCS(C)(=O)=O. The fraction of sp³-hybridized carbons (Fsp3) is 1.00. The van der Waals surface area contributed by atoms with Crippen molar-refractivity contribution in [2.45, 2.75) is 12.5 Å². The summed E-state index contributed by atoms with van der Waals surface area (Å²) in [6.45, 7) is 0.199. The van der Waals surface area contributed by atoms with E-state index in [0.717, 1.165) is 6.26 Å². The zero-order chi connectivity index (χ0) is 13.5. The van der Waals surface area contributed by atoms with Crippen LogP contribution in [0.25, 0.3) is 0 Å². The van der Waals surface area contributed by atoms with Crippen molar-refractivity contribution in [2.24, 2.45) is 0 Å². The lowest BCUT2D eigenvalue weighted by atomic mass is 10.3. The first-order valence-corrected chi connectivity index (χ1v) is 9.17. The Kier molecular flexibility index (Phi) is 7.57. The third-order valence-electron chi connectivity index (χ3n) is 1.89. The number of sulfonamides is 1. The van der Waals surface area contributed by atoms with Crippen molar-refractivity contribution in [3.05, 3.63) is 0 Å². The number of hydrogen-bond acceptors (Lipinski definition) is 5. The lowest BCUT2D eigenvalue weighted by Gasteiger charge is -2.16. The van der Waals surface area contributed by atoms with Crippen LogP contribution in [0.15, 0.2) is 0 Å². The van der Waals surface area contributed by atoms with Crippen molar-refractivity contribution >= 4 is 31.5 Å². The van der Waals surface area contributed by atoms with Gasteiger partial charge in [0.2, 0.25) is 10.0 Å². The minimum Gasteiger partial charge on any atom is -0.383 e. The predicted octanol–water partition coefficient (Wildman–Crippen LogP) is -0.406. The normalized spacial score (nSPS) is 14.8. The molecule has 1 unspecified atom stereocenters. The second-order valence-corrected chi connectivity index (χ2v) is 8.21. The number of alkyl halides is 1. The molecule has 0 aromatic carbocycles. The van der Waals surface area contributed by atoms with Gasteiger partial charge >= 0.3 is 0 Å². The topological polar surface area (TPSA) is 89.5 Å². The molecule has 0 amide bonds. The molecule has 6 nitrogen and oxygen atoms in total. The summed E-state index contributed by atoms with van der Waals surface area (Å²) in [5, 5.41) is 0. The Morgan fingerprint density at radius 1 is 1.24 bits per heavy atom. The zero-order valence-electron chi connectivity index (χ0n) is 9.85. The quantitative estimate of drug-likeness (QED) is 0.585. The highest BCUT2D eigenvalue weighted by atomic mass is 35.5. The van der Waals surface area contributed by atoms with Crippen molar-refractivity contribution in [1.29, 1.82) is 0 Å². The van der Waals surface area contributed by atoms with Gasteiger partial charge in [0.25, 0.3) is 0 Å². The standard InChI is InChI=1S/C8H18ClNO5S2/c1-15-7-8(3-4-9)10-17(13,14)6-5-16(2,11)12/h8,10H,3-7H2,1-2H3. The zero-order valence-corrected chi connectivity index (χ0v) is 12.2. The largest absolute Gasteiger partial charge is 0.383 e. The van der Waals surface area contributed by atoms with E-state index in [1.54, 1.807) is 0 Å². The molecule has 0 aliphatic rings. The van der Waals surface area contributed by atoms with Gasteiger partial charge in [-0.05, 0) is 6.42 Å². The summed E-state index contributed by atoms with van der Waals surface area (Å²) in [6, 6.07) is -0.429. The van der Waals surface area contributed by atoms with Gasteiger partial charge in [-0.1, -0.05) is 0 Å². The van der Waals surface area contributed by atoms with Gasteiger partial charge in [0, 0.05) is 25.3 Å². The van der Waals surface area contributed by atoms with Crippen LogP contribution in [0.2, 0.25) is 0 Å². The molecule has 9 heteroatoms. The molecule has 0 spiro atoms. The lowest BCUT2D eigenvalue weighted by molar-refractivity contribution is 0.173. The van der Waals surface area contributed by atoms with Crippen LogP contribution in [-0.2, 0) is 24.6 Å². The smallest absolute Gasteiger partial charge is 0.212 e.